The first-order valence-electron chi connectivity index (χ1n) is 5.22. The first-order chi connectivity index (χ1) is 5.75. The third-order valence-corrected chi connectivity index (χ3v) is 2.77. The smallest absolute Gasteiger partial charge is 0.0223 e. The van der Waals surface area contributed by atoms with Gasteiger partial charge in [0.2, 0.25) is 0 Å². The van der Waals surface area contributed by atoms with Gasteiger partial charge in [0.25, 0.3) is 0 Å². The summed E-state index contributed by atoms with van der Waals surface area (Å²) in [5.41, 5.74) is 0. The Morgan fingerprint density at radius 1 is 1.50 bits per heavy atom. The molecule has 1 unspecified atom stereocenters. The van der Waals surface area contributed by atoms with Crippen molar-refractivity contribution in [2.75, 3.05) is 19.6 Å². The fourth-order valence-electron chi connectivity index (χ4n) is 2.16. The van der Waals surface area contributed by atoms with Gasteiger partial charge >= 0.3 is 0 Å². The van der Waals surface area contributed by atoms with Crippen LogP contribution in [0.25, 0.3) is 0 Å². The van der Waals surface area contributed by atoms with Crippen LogP contribution in [0, 0.1) is 0 Å². The maximum Gasteiger partial charge on any atom is 0.0223 e. The average Bonchev–Trinajstić information content (AvgIpc) is 2.07. The molecule has 0 bridgehead atoms. The Morgan fingerprint density at radius 3 is 2.67 bits per heavy atom. The fraction of sp³-hybridized carbons (Fsp3) is 1.00. The first-order valence-corrected chi connectivity index (χ1v) is 5.22. The molecule has 12 heavy (non-hydrogen) atoms. The number of nitrogens with one attached hydrogen (secondary N) is 1. The van der Waals surface area contributed by atoms with Crippen molar-refractivity contribution in [2.24, 2.45) is 0 Å². The molecule has 1 fully saturated rings. The second kappa shape index (κ2) is 4.83. The lowest BCUT2D eigenvalue weighted by Gasteiger charge is -2.36. The van der Waals surface area contributed by atoms with Crippen LogP contribution in [-0.2, 0) is 0 Å². The van der Waals surface area contributed by atoms with Crippen molar-refractivity contribution in [1.29, 1.82) is 0 Å². The minimum atomic E-state index is 0.694. The Morgan fingerprint density at radius 2 is 2.25 bits per heavy atom. The summed E-state index contributed by atoms with van der Waals surface area (Å²) in [4.78, 5) is 2.59. The van der Waals surface area contributed by atoms with E-state index < -0.39 is 0 Å². The average molecular weight is 170 g/mol. The number of piperidine rings is 1. The minimum Gasteiger partial charge on any atom is -0.315 e. The number of hydrogen-bond acceptors (Lipinski definition) is 2. The highest BCUT2D eigenvalue weighted by Gasteiger charge is 2.20. The summed E-state index contributed by atoms with van der Waals surface area (Å²) < 4.78 is 0. The van der Waals surface area contributed by atoms with Gasteiger partial charge in [0.15, 0.2) is 0 Å². The van der Waals surface area contributed by atoms with E-state index in [1.165, 1.54) is 32.5 Å². The lowest BCUT2D eigenvalue weighted by atomic mass is 10.0. The summed E-state index contributed by atoms with van der Waals surface area (Å²) in [6, 6.07) is 1.48. The van der Waals surface area contributed by atoms with E-state index in [-0.39, 0.29) is 0 Å². The number of rotatable bonds is 3. The third kappa shape index (κ3) is 2.46. The minimum absolute atomic E-state index is 0.694. The van der Waals surface area contributed by atoms with E-state index in [0.717, 1.165) is 6.04 Å². The molecule has 1 aliphatic rings. The van der Waals surface area contributed by atoms with Crippen LogP contribution in [0.5, 0.6) is 0 Å². The van der Waals surface area contributed by atoms with E-state index in [0.29, 0.717) is 6.04 Å². The molecule has 0 saturated carbocycles. The molecule has 0 spiro atoms. The van der Waals surface area contributed by atoms with E-state index in [1.54, 1.807) is 0 Å². The van der Waals surface area contributed by atoms with Crippen LogP contribution in [0.1, 0.15) is 33.6 Å². The Kier molecular flexibility index (Phi) is 4.02. The van der Waals surface area contributed by atoms with Crippen molar-refractivity contribution in [3.8, 4) is 0 Å². The molecule has 2 nitrogen and oxygen atoms in total. The van der Waals surface area contributed by atoms with Crippen LogP contribution < -0.4 is 5.32 Å². The SMILES string of the molecule is CCN(C(C)C)C1CCCNC1. The summed E-state index contributed by atoms with van der Waals surface area (Å²) >= 11 is 0. The van der Waals surface area contributed by atoms with Gasteiger partial charge in [-0.25, -0.2) is 0 Å². The molecule has 0 aromatic heterocycles. The van der Waals surface area contributed by atoms with Gasteiger partial charge in [0.05, 0.1) is 0 Å². The molecule has 0 aromatic rings. The van der Waals surface area contributed by atoms with Crippen molar-refractivity contribution in [2.45, 2.75) is 45.7 Å². The molecule has 1 aliphatic heterocycles. The van der Waals surface area contributed by atoms with Crippen molar-refractivity contribution in [1.82, 2.24) is 10.2 Å². The maximum atomic E-state index is 3.46. The van der Waals surface area contributed by atoms with Gasteiger partial charge in [-0.15, -0.1) is 0 Å². The van der Waals surface area contributed by atoms with Crippen molar-refractivity contribution in [3.63, 3.8) is 0 Å². The molecule has 0 aliphatic carbocycles. The quantitative estimate of drug-likeness (QED) is 0.690. The Hall–Kier alpha value is -0.0800. The van der Waals surface area contributed by atoms with Gasteiger partial charge < -0.3 is 5.32 Å². The lowest BCUT2D eigenvalue weighted by molar-refractivity contribution is 0.137. The third-order valence-electron chi connectivity index (χ3n) is 2.77. The van der Waals surface area contributed by atoms with Gasteiger partial charge in [-0.3, -0.25) is 4.90 Å². The summed E-state index contributed by atoms with van der Waals surface area (Å²) in [6.45, 7) is 10.4. The molecular formula is C10H22N2. The molecule has 1 heterocycles. The topological polar surface area (TPSA) is 15.3 Å². The van der Waals surface area contributed by atoms with Crippen molar-refractivity contribution < 1.29 is 0 Å². The monoisotopic (exact) mass is 170 g/mol. The summed E-state index contributed by atoms with van der Waals surface area (Å²) in [7, 11) is 0. The van der Waals surface area contributed by atoms with Gasteiger partial charge in [-0.2, -0.15) is 0 Å². The second-order valence-electron chi connectivity index (χ2n) is 3.92. The summed E-state index contributed by atoms with van der Waals surface area (Å²) in [6.07, 6.45) is 2.72. The van der Waals surface area contributed by atoms with Crippen LogP contribution >= 0.6 is 0 Å². The fourth-order valence-corrected chi connectivity index (χ4v) is 2.16. The van der Waals surface area contributed by atoms with Gasteiger partial charge in [-0.1, -0.05) is 6.92 Å². The molecule has 1 atom stereocenters. The molecule has 1 N–H and O–H groups in total. The number of likely N-dealkylation sites (N-methyl/N-ethyl adjacent to an activating group) is 1. The Balaban J connectivity index is 2.40. The molecular weight excluding hydrogens is 148 g/mol. The highest BCUT2D eigenvalue weighted by Crippen LogP contribution is 2.12. The standard InChI is InChI=1S/C10H22N2/c1-4-12(9(2)3)10-6-5-7-11-8-10/h9-11H,4-8H2,1-3H3. The van der Waals surface area contributed by atoms with E-state index in [4.69, 9.17) is 0 Å². The predicted molar refractivity (Wildman–Crippen MR) is 53.4 cm³/mol. The molecule has 2 heteroatoms. The zero-order chi connectivity index (χ0) is 8.97. The summed E-state index contributed by atoms with van der Waals surface area (Å²) in [5.74, 6) is 0. The van der Waals surface area contributed by atoms with Crippen LogP contribution in [0.3, 0.4) is 0 Å². The molecule has 1 saturated heterocycles. The van der Waals surface area contributed by atoms with Crippen molar-refractivity contribution >= 4 is 0 Å². The number of hydrogen-bond donors (Lipinski definition) is 1. The van der Waals surface area contributed by atoms with Gasteiger partial charge in [-0.05, 0) is 39.8 Å². The second-order valence-corrected chi connectivity index (χ2v) is 3.92. The largest absolute Gasteiger partial charge is 0.315 e. The predicted octanol–water partition coefficient (Wildman–Crippen LogP) is 1.47. The molecule has 72 valence electrons. The Labute approximate surface area is 76.3 Å². The van der Waals surface area contributed by atoms with Crippen molar-refractivity contribution in [3.05, 3.63) is 0 Å². The van der Waals surface area contributed by atoms with E-state index in [1.807, 2.05) is 0 Å². The highest BCUT2D eigenvalue weighted by molar-refractivity contribution is 4.79. The molecule has 1 rings (SSSR count). The lowest BCUT2D eigenvalue weighted by Crippen LogP contribution is -2.48. The van der Waals surface area contributed by atoms with Crippen LogP contribution in [-0.4, -0.2) is 36.6 Å². The van der Waals surface area contributed by atoms with Crippen LogP contribution in [0.15, 0.2) is 0 Å². The molecule has 0 amide bonds. The molecule has 0 radical (unpaired) electrons. The Bertz CT molecular complexity index is 117. The van der Waals surface area contributed by atoms with Crippen LogP contribution in [0.4, 0.5) is 0 Å². The normalized spacial score (nSPS) is 25.2. The zero-order valence-corrected chi connectivity index (χ0v) is 8.64. The summed E-state index contributed by atoms with van der Waals surface area (Å²) in [5, 5.41) is 3.46. The molecule has 0 aromatic carbocycles. The van der Waals surface area contributed by atoms with E-state index in [2.05, 4.69) is 31.0 Å². The van der Waals surface area contributed by atoms with Gasteiger partial charge in [0.1, 0.15) is 0 Å². The number of nitrogens with zero attached hydrogens (tertiary/aromatic N) is 1. The zero-order valence-electron chi connectivity index (χ0n) is 8.64. The highest BCUT2D eigenvalue weighted by atomic mass is 15.2. The first kappa shape index (κ1) is 10.0. The van der Waals surface area contributed by atoms with E-state index >= 15 is 0 Å². The maximum absolute atomic E-state index is 3.46. The van der Waals surface area contributed by atoms with E-state index in [9.17, 15) is 0 Å². The van der Waals surface area contributed by atoms with Gasteiger partial charge in [0, 0.05) is 18.6 Å². The van der Waals surface area contributed by atoms with Crippen LogP contribution in [0.2, 0.25) is 0 Å².